The summed E-state index contributed by atoms with van der Waals surface area (Å²) in [6.45, 7) is 3.49. The molecule has 0 saturated carbocycles. The summed E-state index contributed by atoms with van der Waals surface area (Å²) in [6.07, 6.45) is 6.13. The molecule has 1 aromatic rings. The molecule has 1 aliphatic heterocycles. The third kappa shape index (κ3) is 4.96. The number of hydrogen-bond donors (Lipinski definition) is 1. The molecule has 3 nitrogen and oxygen atoms in total. The van der Waals surface area contributed by atoms with E-state index in [1.54, 1.807) is 0 Å². The standard InChI is InChI=1S/C14H23N3S/c1-17(9-4-13-2-6-15-7-3-13)10-5-14-12-18-11-8-16-14/h2-3,6-7,14,16H,4-5,8-12H2,1H3. The normalized spacial score (nSPS) is 20.2. The fourth-order valence-electron chi connectivity index (χ4n) is 2.16. The van der Waals surface area contributed by atoms with Gasteiger partial charge in [0.25, 0.3) is 0 Å². The molecule has 0 radical (unpaired) electrons. The summed E-state index contributed by atoms with van der Waals surface area (Å²) in [7, 11) is 2.22. The Morgan fingerprint density at radius 2 is 2.22 bits per heavy atom. The van der Waals surface area contributed by atoms with Crippen molar-refractivity contribution < 1.29 is 0 Å². The maximum atomic E-state index is 4.05. The van der Waals surface area contributed by atoms with Gasteiger partial charge in [0, 0.05) is 43.0 Å². The van der Waals surface area contributed by atoms with E-state index in [4.69, 9.17) is 0 Å². The fourth-order valence-corrected chi connectivity index (χ4v) is 3.16. The lowest BCUT2D eigenvalue weighted by molar-refractivity contribution is 0.315. The van der Waals surface area contributed by atoms with E-state index in [0.29, 0.717) is 6.04 Å². The molecular weight excluding hydrogens is 242 g/mol. The van der Waals surface area contributed by atoms with Crippen molar-refractivity contribution in [2.24, 2.45) is 0 Å². The van der Waals surface area contributed by atoms with Gasteiger partial charge in [0.1, 0.15) is 0 Å². The van der Waals surface area contributed by atoms with Crippen molar-refractivity contribution in [3.63, 3.8) is 0 Å². The van der Waals surface area contributed by atoms with Gasteiger partial charge in [0.2, 0.25) is 0 Å². The monoisotopic (exact) mass is 265 g/mol. The highest BCUT2D eigenvalue weighted by Crippen LogP contribution is 2.10. The van der Waals surface area contributed by atoms with Gasteiger partial charge in [-0.3, -0.25) is 4.98 Å². The van der Waals surface area contributed by atoms with Gasteiger partial charge in [0.05, 0.1) is 0 Å². The van der Waals surface area contributed by atoms with Crippen LogP contribution >= 0.6 is 11.8 Å². The predicted octanol–water partition coefficient (Wildman–Crippen LogP) is 1.65. The second-order valence-corrected chi connectivity index (χ2v) is 6.07. The Hall–Kier alpha value is -0.580. The molecule has 18 heavy (non-hydrogen) atoms. The maximum absolute atomic E-state index is 4.05. The Morgan fingerprint density at radius 3 is 2.94 bits per heavy atom. The average molecular weight is 265 g/mol. The van der Waals surface area contributed by atoms with Gasteiger partial charge < -0.3 is 10.2 Å². The summed E-state index contributed by atoms with van der Waals surface area (Å²) >= 11 is 2.08. The molecule has 1 saturated heterocycles. The molecule has 1 fully saturated rings. The minimum atomic E-state index is 0.715. The summed E-state index contributed by atoms with van der Waals surface area (Å²) in [4.78, 5) is 6.48. The molecule has 1 N–H and O–H groups in total. The molecular formula is C14H23N3S. The molecule has 1 aromatic heterocycles. The van der Waals surface area contributed by atoms with Crippen molar-refractivity contribution in [1.29, 1.82) is 0 Å². The minimum Gasteiger partial charge on any atom is -0.312 e. The molecule has 4 heteroatoms. The van der Waals surface area contributed by atoms with Crippen LogP contribution in [0.2, 0.25) is 0 Å². The van der Waals surface area contributed by atoms with Crippen LogP contribution in [0.1, 0.15) is 12.0 Å². The van der Waals surface area contributed by atoms with Crippen LogP contribution in [0, 0.1) is 0 Å². The highest BCUT2D eigenvalue weighted by molar-refractivity contribution is 7.99. The van der Waals surface area contributed by atoms with E-state index in [1.165, 1.54) is 36.6 Å². The van der Waals surface area contributed by atoms with Crippen molar-refractivity contribution >= 4 is 11.8 Å². The molecule has 0 amide bonds. The zero-order valence-electron chi connectivity index (χ0n) is 11.1. The van der Waals surface area contributed by atoms with E-state index in [2.05, 4.69) is 46.1 Å². The van der Waals surface area contributed by atoms with Gasteiger partial charge in [-0.05, 0) is 44.1 Å². The van der Waals surface area contributed by atoms with Gasteiger partial charge >= 0.3 is 0 Å². The van der Waals surface area contributed by atoms with Crippen LogP contribution in [0.4, 0.5) is 0 Å². The van der Waals surface area contributed by atoms with Crippen molar-refractivity contribution in [2.75, 3.05) is 38.2 Å². The van der Waals surface area contributed by atoms with Crippen molar-refractivity contribution in [3.8, 4) is 0 Å². The van der Waals surface area contributed by atoms with Gasteiger partial charge in [0.15, 0.2) is 0 Å². The lowest BCUT2D eigenvalue weighted by Crippen LogP contribution is -2.39. The smallest absolute Gasteiger partial charge is 0.0270 e. The Morgan fingerprint density at radius 1 is 1.39 bits per heavy atom. The Balaban J connectivity index is 1.61. The first-order chi connectivity index (χ1) is 8.84. The summed E-state index contributed by atoms with van der Waals surface area (Å²) in [5.74, 6) is 2.55. The number of nitrogens with one attached hydrogen (secondary N) is 1. The Kier molecular flexibility index (Phi) is 5.97. The quantitative estimate of drug-likeness (QED) is 0.846. The predicted molar refractivity (Wildman–Crippen MR) is 79.2 cm³/mol. The molecule has 1 aliphatic rings. The van der Waals surface area contributed by atoms with Gasteiger partial charge in [-0.25, -0.2) is 0 Å². The van der Waals surface area contributed by atoms with Crippen LogP contribution < -0.4 is 5.32 Å². The van der Waals surface area contributed by atoms with Gasteiger partial charge in [-0.1, -0.05) is 0 Å². The lowest BCUT2D eigenvalue weighted by atomic mass is 10.2. The third-order valence-corrected chi connectivity index (χ3v) is 4.52. The van der Waals surface area contributed by atoms with Crippen LogP contribution in [-0.4, -0.2) is 54.1 Å². The molecule has 2 rings (SSSR count). The van der Waals surface area contributed by atoms with E-state index in [9.17, 15) is 0 Å². The fraction of sp³-hybridized carbons (Fsp3) is 0.643. The molecule has 2 heterocycles. The second-order valence-electron chi connectivity index (χ2n) is 4.92. The number of thioether (sulfide) groups is 1. The first kappa shape index (κ1) is 13.8. The molecule has 1 atom stereocenters. The van der Waals surface area contributed by atoms with E-state index in [0.717, 1.165) is 13.0 Å². The molecule has 1 unspecified atom stereocenters. The van der Waals surface area contributed by atoms with Crippen LogP contribution in [0.25, 0.3) is 0 Å². The Bertz CT molecular complexity index is 325. The highest BCUT2D eigenvalue weighted by Gasteiger charge is 2.13. The topological polar surface area (TPSA) is 28.2 Å². The first-order valence-corrected chi connectivity index (χ1v) is 7.88. The summed E-state index contributed by atoms with van der Waals surface area (Å²) in [5.41, 5.74) is 1.38. The SMILES string of the molecule is CN(CCc1ccncc1)CCC1CSCCN1. The number of aromatic nitrogens is 1. The zero-order chi connectivity index (χ0) is 12.6. The lowest BCUT2D eigenvalue weighted by Gasteiger charge is -2.25. The Labute approximate surface area is 114 Å². The highest BCUT2D eigenvalue weighted by atomic mass is 32.2. The van der Waals surface area contributed by atoms with E-state index < -0.39 is 0 Å². The number of pyridine rings is 1. The molecule has 0 spiro atoms. The molecule has 0 bridgehead atoms. The first-order valence-electron chi connectivity index (χ1n) is 6.73. The average Bonchev–Trinajstić information content (AvgIpc) is 2.45. The number of hydrogen-bond acceptors (Lipinski definition) is 4. The maximum Gasteiger partial charge on any atom is 0.0270 e. The number of nitrogens with zero attached hydrogens (tertiary/aromatic N) is 2. The summed E-state index contributed by atoms with van der Waals surface area (Å²) in [5, 5.41) is 3.59. The van der Waals surface area contributed by atoms with Crippen molar-refractivity contribution in [3.05, 3.63) is 30.1 Å². The van der Waals surface area contributed by atoms with Crippen LogP contribution in [0.15, 0.2) is 24.5 Å². The number of rotatable bonds is 6. The molecule has 0 aliphatic carbocycles. The summed E-state index contributed by atoms with van der Waals surface area (Å²) < 4.78 is 0. The zero-order valence-corrected chi connectivity index (χ0v) is 12.0. The minimum absolute atomic E-state index is 0.715. The molecule has 0 aromatic carbocycles. The third-order valence-electron chi connectivity index (χ3n) is 3.39. The van der Waals surface area contributed by atoms with Crippen LogP contribution in [0.5, 0.6) is 0 Å². The summed E-state index contributed by atoms with van der Waals surface area (Å²) in [6, 6.07) is 4.92. The van der Waals surface area contributed by atoms with E-state index >= 15 is 0 Å². The molecule has 100 valence electrons. The van der Waals surface area contributed by atoms with Gasteiger partial charge in [-0.2, -0.15) is 11.8 Å². The van der Waals surface area contributed by atoms with E-state index in [-0.39, 0.29) is 0 Å². The van der Waals surface area contributed by atoms with Crippen molar-refractivity contribution in [2.45, 2.75) is 18.9 Å². The van der Waals surface area contributed by atoms with Gasteiger partial charge in [-0.15, -0.1) is 0 Å². The van der Waals surface area contributed by atoms with Crippen molar-refractivity contribution in [1.82, 2.24) is 15.2 Å². The van der Waals surface area contributed by atoms with E-state index in [1.807, 2.05) is 12.4 Å². The van der Waals surface area contributed by atoms with Crippen LogP contribution in [0.3, 0.4) is 0 Å². The second kappa shape index (κ2) is 7.77. The number of likely N-dealkylation sites (N-methyl/N-ethyl adjacent to an activating group) is 1. The largest absolute Gasteiger partial charge is 0.312 e. The van der Waals surface area contributed by atoms with Crippen LogP contribution in [-0.2, 0) is 6.42 Å².